The molecule has 4 rings (SSSR count). The molecule has 0 radical (unpaired) electrons. The topological polar surface area (TPSA) is 111 Å². The van der Waals surface area contributed by atoms with Gasteiger partial charge in [0.25, 0.3) is 5.56 Å². The van der Waals surface area contributed by atoms with Crippen molar-refractivity contribution < 1.29 is 9.90 Å². The molecule has 4 aromatic rings. The molecule has 8 nitrogen and oxygen atoms in total. The lowest BCUT2D eigenvalue weighted by Crippen LogP contribution is -2.28. The first-order valence-corrected chi connectivity index (χ1v) is 8.94. The number of aromatic nitrogens is 5. The van der Waals surface area contributed by atoms with Gasteiger partial charge in [0, 0.05) is 35.4 Å². The summed E-state index contributed by atoms with van der Waals surface area (Å²) in [5.41, 5.74) is 3.29. The Balaban J connectivity index is 2.05. The van der Waals surface area contributed by atoms with E-state index in [2.05, 4.69) is 15.0 Å². The van der Waals surface area contributed by atoms with E-state index in [9.17, 15) is 14.7 Å². The van der Waals surface area contributed by atoms with Gasteiger partial charge in [0.1, 0.15) is 11.6 Å². The summed E-state index contributed by atoms with van der Waals surface area (Å²) in [6.07, 6.45) is 6.23. The largest absolute Gasteiger partial charge is 0.480 e. The minimum atomic E-state index is -1.11. The minimum Gasteiger partial charge on any atom is -0.480 e. The van der Waals surface area contributed by atoms with Gasteiger partial charge in [0.2, 0.25) is 0 Å². The van der Waals surface area contributed by atoms with Crippen LogP contribution in [-0.4, -0.2) is 35.6 Å². The van der Waals surface area contributed by atoms with Crippen LogP contribution in [-0.2, 0) is 4.79 Å². The Morgan fingerprint density at radius 1 is 1.14 bits per heavy atom. The van der Waals surface area contributed by atoms with Crippen molar-refractivity contribution in [1.82, 2.24) is 24.5 Å². The Morgan fingerprint density at radius 2 is 1.97 bits per heavy atom. The third-order valence-corrected chi connectivity index (χ3v) is 4.69. The summed E-state index contributed by atoms with van der Waals surface area (Å²) in [6, 6.07) is 7.92. The number of rotatable bonds is 4. The average molecular weight is 387 g/mol. The van der Waals surface area contributed by atoms with Crippen molar-refractivity contribution in [3.63, 3.8) is 0 Å². The average Bonchev–Trinajstić information content (AvgIpc) is 2.74. The fourth-order valence-corrected chi connectivity index (χ4v) is 3.01. The number of aryl methyl sites for hydroxylation is 1. The van der Waals surface area contributed by atoms with Crippen LogP contribution in [0, 0.1) is 6.92 Å². The Hall–Kier alpha value is -3.94. The Bertz CT molecular complexity index is 1270. The third kappa shape index (κ3) is 3.36. The van der Waals surface area contributed by atoms with Gasteiger partial charge in [-0.15, -0.1) is 0 Å². The zero-order valence-corrected chi connectivity index (χ0v) is 15.8. The Morgan fingerprint density at radius 3 is 2.62 bits per heavy atom. The maximum absolute atomic E-state index is 13.1. The van der Waals surface area contributed by atoms with Crippen molar-refractivity contribution in [3.8, 4) is 22.5 Å². The Kier molecular flexibility index (Phi) is 4.59. The van der Waals surface area contributed by atoms with E-state index in [0.29, 0.717) is 22.5 Å². The highest BCUT2D eigenvalue weighted by Gasteiger charge is 2.19. The van der Waals surface area contributed by atoms with Crippen molar-refractivity contribution in [3.05, 3.63) is 71.3 Å². The number of carbonyl (C=O) groups is 1. The van der Waals surface area contributed by atoms with Gasteiger partial charge >= 0.3 is 5.97 Å². The van der Waals surface area contributed by atoms with Crippen molar-refractivity contribution in [2.75, 3.05) is 0 Å². The van der Waals surface area contributed by atoms with Crippen molar-refractivity contribution in [2.45, 2.75) is 19.9 Å². The second-order valence-electron chi connectivity index (χ2n) is 6.65. The van der Waals surface area contributed by atoms with E-state index >= 15 is 0 Å². The lowest BCUT2D eigenvalue weighted by molar-refractivity contribution is -0.140. The van der Waals surface area contributed by atoms with E-state index in [1.165, 1.54) is 13.3 Å². The Labute approximate surface area is 165 Å². The van der Waals surface area contributed by atoms with Gasteiger partial charge in [-0.25, -0.2) is 14.8 Å². The van der Waals surface area contributed by atoms with Crippen LogP contribution in [0.4, 0.5) is 0 Å². The van der Waals surface area contributed by atoms with Crippen LogP contribution in [0.5, 0.6) is 0 Å². The van der Waals surface area contributed by atoms with Gasteiger partial charge in [-0.05, 0) is 44.2 Å². The molecule has 0 spiro atoms. The summed E-state index contributed by atoms with van der Waals surface area (Å²) in [5.74, 6) is -1.11. The first-order chi connectivity index (χ1) is 14.0. The predicted octanol–water partition coefficient (Wildman–Crippen LogP) is 2.87. The maximum atomic E-state index is 13.1. The summed E-state index contributed by atoms with van der Waals surface area (Å²) in [6.45, 7) is 3.32. The fourth-order valence-electron chi connectivity index (χ4n) is 3.01. The fraction of sp³-hybridized carbons (Fsp3) is 0.143. The monoisotopic (exact) mass is 387 g/mol. The number of pyridine rings is 3. The molecule has 0 fully saturated rings. The minimum absolute atomic E-state index is 0.282. The van der Waals surface area contributed by atoms with Gasteiger partial charge in [-0.1, -0.05) is 0 Å². The maximum Gasteiger partial charge on any atom is 0.326 e. The van der Waals surface area contributed by atoms with Gasteiger partial charge < -0.3 is 5.11 Å². The molecule has 8 heteroatoms. The number of hydrogen-bond donors (Lipinski definition) is 1. The molecule has 0 aliphatic carbocycles. The lowest BCUT2D eigenvalue weighted by Gasteiger charge is -2.13. The SMILES string of the molecule is Cc1ccc(-c2cc3c(=O)n([C@@H](C)C(=O)O)cnc3c(-c3cccnc3)n2)cn1. The highest BCUT2D eigenvalue weighted by atomic mass is 16.4. The van der Waals surface area contributed by atoms with E-state index in [0.717, 1.165) is 15.8 Å². The van der Waals surface area contributed by atoms with E-state index in [-0.39, 0.29) is 5.39 Å². The molecule has 144 valence electrons. The summed E-state index contributed by atoms with van der Waals surface area (Å²) >= 11 is 0. The second kappa shape index (κ2) is 7.23. The standard InChI is InChI=1S/C21H17N5O3/c1-12-5-6-14(10-23-12)17-8-16-19(18(25-17)15-4-3-7-22-9-15)24-11-26(20(16)27)13(2)21(28)29/h3-11,13H,1-2H3,(H,28,29)/t13-/m0/s1. The summed E-state index contributed by atoms with van der Waals surface area (Å²) in [5, 5.41) is 9.59. The van der Waals surface area contributed by atoms with Crippen LogP contribution < -0.4 is 5.56 Å². The van der Waals surface area contributed by atoms with Crippen LogP contribution in [0.1, 0.15) is 18.7 Å². The first-order valence-electron chi connectivity index (χ1n) is 8.94. The predicted molar refractivity (Wildman–Crippen MR) is 107 cm³/mol. The van der Waals surface area contributed by atoms with E-state index in [4.69, 9.17) is 4.98 Å². The summed E-state index contributed by atoms with van der Waals surface area (Å²) in [7, 11) is 0. The molecule has 0 saturated carbocycles. The molecule has 0 saturated heterocycles. The normalized spacial score (nSPS) is 12.1. The molecule has 0 aliphatic heterocycles. The van der Waals surface area contributed by atoms with Crippen molar-refractivity contribution in [1.29, 1.82) is 0 Å². The molecule has 0 bridgehead atoms. The van der Waals surface area contributed by atoms with Crippen LogP contribution in [0.3, 0.4) is 0 Å². The van der Waals surface area contributed by atoms with Gasteiger partial charge in [-0.3, -0.25) is 19.3 Å². The second-order valence-corrected chi connectivity index (χ2v) is 6.65. The molecule has 1 atom stereocenters. The number of aliphatic carboxylic acids is 1. The zero-order chi connectivity index (χ0) is 20.5. The van der Waals surface area contributed by atoms with Crippen LogP contribution >= 0.6 is 0 Å². The molecule has 0 unspecified atom stereocenters. The molecule has 0 amide bonds. The molecular formula is C21H17N5O3. The molecule has 0 aliphatic rings. The molecular weight excluding hydrogens is 370 g/mol. The van der Waals surface area contributed by atoms with Crippen LogP contribution in [0.25, 0.3) is 33.4 Å². The van der Waals surface area contributed by atoms with Crippen LogP contribution in [0.15, 0.2) is 60.0 Å². The number of fused-ring (bicyclic) bond motifs is 1. The van der Waals surface area contributed by atoms with E-state index in [1.807, 2.05) is 25.1 Å². The lowest BCUT2D eigenvalue weighted by atomic mass is 10.1. The molecule has 4 aromatic heterocycles. The number of nitrogens with zero attached hydrogens (tertiary/aromatic N) is 5. The van der Waals surface area contributed by atoms with Crippen molar-refractivity contribution >= 4 is 16.9 Å². The highest BCUT2D eigenvalue weighted by Crippen LogP contribution is 2.28. The molecule has 4 heterocycles. The number of carboxylic acids is 1. The molecule has 29 heavy (non-hydrogen) atoms. The highest BCUT2D eigenvalue weighted by molar-refractivity contribution is 5.93. The van der Waals surface area contributed by atoms with E-state index in [1.54, 1.807) is 30.7 Å². The summed E-state index contributed by atoms with van der Waals surface area (Å²) in [4.78, 5) is 42.0. The molecule has 0 aromatic carbocycles. The molecule has 1 N–H and O–H groups in total. The quantitative estimate of drug-likeness (QED) is 0.573. The van der Waals surface area contributed by atoms with Gasteiger partial charge in [0.05, 0.1) is 23.1 Å². The number of hydrogen-bond acceptors (Lipinski definition) is 6. The summed E-state index contributed by atoms with van der Waals surface area (Å²) < 4.78 is 1.11. The van der Waals surface area contributed by atoms with Crippen molar-refractivity contribution in [2.24, 2.45) is 0 Å². The van der Waals surface area contributed by atoms with E-state index < -0.39 is 17.6 Å². The zero-order valence-electron chi connectivity index (χ0n) is 15.8. The van der Waals surface area contributed by atoms with Gasteiger partial charge in [0.15, 0.2) is 0 Å². The first kappa shape index (κ1) is 18.4. The third-order valence-electron chi connectivity index (χ3n) is 4.69. The van der Waals surface area contributed by atoms with Gasteiger partial charge in [-0.2, -0.15) is 0 Å². The number of carboxylic acid groups (broad SMARTS) is 1. The van der Waals surface area contributed by atoms with Crippen LogP contribution in [0.2, 0.25) is 0 Å². The smallest absolute Gasteiger partial charge is 0.326 e.